The number of hydrogen-bond acceptors (Lipinski definition) is 18. The van der Waals surface area contributed by atoms with Crippen molar-refractivity contribution >= 4 is 93.3 Å². The van der Waals surface area contributed by atoms with Gasteiger partial charge in [-0.3, -0.25) is 67.9 Å². The van der Waals surface area contributed by atoms with Gasteiger partial charge in [0.15, 0.2) is 12.2 Å². The molecule has 4 aromatic rings. The molecule has 2 aromatic carbocycles. The van der Waals surface area contributed by atoms with E-state index in [1.807, 2.05) is 61.5 Å². The maximum Gasteiger partial charge on any atom is 0.316 e. The molecule has 4 aliphatic heterocycles. The van der Waals surface area contributed by atoms with Crippen LogP contribution in [0.3, 0.4) is 0 Å². The van der Waals surface area contributed by atoms with Gasteiger partial charge in [-0.2, -0.15) is 0 Å². The number of hydrazine groups is 2. The summed E-state index contributed by atoms with van der Waals surface area (Å²) >= 11 is 0. The minimum atomic E-state index is -1.54. The van der Waals surface area contributed by atoms with Crippen LogP contribution in [0.5, 0.6) is 0 Å². The number of carbonyl (C=O) groups excluding carboxylic acids is 10. The number of nitrogens with zero attached hydrogens (tertiary/aromatic N) is 4. The Bertz CT molecular complexity index is 3690. The van der Waals surface area contributed by atoms with Crippen LogP contribution in [0.1, 0.15) is 186 Å². The molecule has 4 fully saturated rings. The van der Waals surface area contributed by atoms with Crippen molar-refractivity contribution in [1.29, 1.82) is 0 Å². The van der Waals surface area contributed by atoms with Gasteiger partial charge in [-0.05, 0) is 158 Å². The number of aromatic nitrogens is 2. The highest BCUT2D eigenvalue weighted by molar-refractivity contribution is 5.94. The van der Waals surface area contributed by atoms with Gasteiger partial charge in [-0.1, -0.05) is 82.3 Å². The third-order valence-electron chi connectivity index (χ3n) is 19.5. The summed E-state index contributed by atoms with van der Waals surface area (Å²) in [6.45, 7) is 15.5. The van der Waals surface area contributed by atoms with Crippen molar-refractivity contribution in [3.05, 3.63) is 94.8 Å². The lowest BCUT2D eigenvalue weighted by Gasteiger charge is -2.37. The summed E-state index contributed by atoms with van der Waals surface area (Å²) < 4.78 is 24.3. The molecule has 9 atom stereocenters. The topological polar surface area (TPSA) is 312 Å². The van der Waals surface area contributed by atoms with Gasteiger partial charge >= 0.3 is 23.9 Å². The number of cyclic esters (lactones) is 2. The number of carbonyl (C=O) groups is 10. The summed E-state index contributed by atoms with van der Waals surface area (Å²) in [7, 11) is 0. The predicted octanol–water partition coefficient (Wildman–Crippen LogP) is 6.92. The summed E-state index contributed by atoms with van der Waals surface area (Å²) in [4.78, 5) is 151. The highest BCUT2D eigenvalue weighted by Gasteiger charge is 2.47. The van der Waals surface area contributed by atoms with Gasteiger partial charge in [0.25, 0.3) is 23.6 Å². The van der Waals surface area contributed by atoms with Crippen molar-refractivity contribution in [3.63, 3.8) is 0 Å². The Labute approximate surface area is 553 Å². The van der Waals surface area contributed by atoms with Gasteiger partial charge < -0.3 is 40.2 Å². The Hall–Kier alpha value is -8.64. The number of rotatable bonds is 7. The van der Waals surface area contributed by atoms with Gasteiger partial charge in [-0.15, -0.1) is 0 Å². The van der Waals surface area contributed by atoms with Crippen molar-refractivity contribution in [2.75, 3.05) is 13.1 Å². The summed E-state index contributed by atoms with van der Waals surface area (Å²) in [5.74, 6) is -6.76. The number of amides is 6. The number of hydrogen-bond donors (Lipinski definition) is 6. The number of fused-ring (bicyclic) bond motifs is 8. The maximum absolute atomic E-state index is 15.6. The highest BCUT2D eigenvalue weighted by Crippen LogP contribution is 2.44. The molecule has 2 aliphatic carbocycles. The van der Waals surface area contributed by atoms with E-state index in [9.17, 15) is 38.4 Å². The fourth-order valence-corrected chi connectivity index (χ4v) is 13.8. The lowest BCUT2D eigenvalue weighted by molar-refractivity contribution is -0.170. The zero-order valence-corrected chi connectivity index (χ0v) is 55.8. The summed E-state index contributed by atoms with van der Waals surface area (Å²) in [6, 6.07) is 11.9. The molecule has 508 valence electrons. The van der Waals surface area contributed by atoms with Crippen LogP contribution in [0.2, 0.25) is 0 Å². The van der Waals surface area contributed by atoms with E-state index in [1.165, 1.54) is 30.8 Å². The molecule has 95 heavy (non-hydrogen) atoms. The molecule has 2 aromatic heterocycles. The van der Waals surface area contributed by atoms with E-state index in [2.05, 4.69) is 32.1 Å². The second kappa shape index (κ2) is 29.6. The zero-order valence-electron chi connectivity index (χ0n) is 55.8. The second-order valence-corrected chi connectivity index (χ2v) is 27.1. The van der Waals surface area contributed by atoms with Crippen LogP contribution in [-0.2, 0) is 73.3 Å². The molecule has 6 amide bonds. The Morgan fingerprint density at radius 3 is 1.59 bits per heavy atom. The first kappa shape index (κ1) is 69.2. The van der Waals surface area contributed by atoms with E-state index < -0.39 is 125 Å². The molecule has 6 aliphatic rings. The number of esters is 4. The Kier molecular flexibility index (Phi) is 21.5. The summed E-state index contributed by atoms with van der Waals surface area (Å²) in [6.07, 6.45) is 7.37. The smallest absolute Gasteiger partial charge is 0.316 e. The lowest BCUT2D eigenvalue weighted by atomic mass is 9.72. The minimum Gasteiger partial charge on any atom is -0.463 e. The third-order valence-corrected chi connectivity index (χ3v) is 19.5. The minimum absolute atomic E-state index is 0.0649. The largest absolute Gasteiger partial charge is 0.463 e. The zero-order chi connectivity index (χ0) is 68.0. The van der Waals surface area contributed by atoms with E-state index >= 15 is 9.59 Å². The number of benzene rings is 2. The molecule has 6 heterocycles. The molecule has 6 N–H and O–H groups in total. The molecule has 0 radical (unpaired) electrons. The fourth-order valence-electron chi connectivity index (χ4n) is 13.8. The van der Waals surface area contributed by atoms with Crippen molar-refractivity contribution < 1.29 is 66.9 Å². The molecular formula is C71H90N10O14. The lowest BCUT2D eigenvalue weighted by Crippen LogP contribution is -2.61. The standard InChI is InChI=1S/C71H90N10O14/c1-10-59(83)93-51-25-31-70(32-26-51)27-21-46-15-16-48-17-19-53(76-57(48)37-46)41(5)72-62(84)55-13-12-34-81(79-55)67(89)44(8)75-65(87)61(95-69(70)91)40(4)35-49-36-47-22-28-71(29-23-50(24-30-71)92-45(9)82)68(90)94-60(39(2)3)64(86)74-43(7)66(88)80-33-11-14-56(78-80)63(85)73-42(6)54-20-18-52(49)58(38-47)77-54/h15-22,27-28,36-44,50-51,55-56,60-61,78-79H,10-14,23-26,29-35H2,1-9H3,(H,72,84)(H,73,85)(H,74,86)(H,75,87)/b27-21+,28-22?/t40?,41-,42-,43+,44+,50?,51?,55+,56+,60+,61+,70?,71?/m1/s1. The average Bonchev–Trinajstić information content (AvgIpc) is 1.07. The van der Waals surface area contributed by atoms with Crippen LogP contribution in [0.25, 0.3) is 34.0 Å². The van der Waals surface area contributed by atoms with Crippen molar-refractivity contribution in [1.82, 2.24) is 52.1 Å². The molecule has 10 bridgehead atoms. The van der Waals surface area contributed by atoms with Crippen LogP contribution in [0, 0.1) is 22.7 Å². The van der Waals surface area contributed by atoms with E-state index in [0.29, 0.717) is 90.3 Å². The van der Waals surface area contributed by atoms with Crippen LogP contribution in [-0.4, -0.2) is 141 Å². The molecular weight excluding hydrogens is 1220 g/mol. The quantitative estimate of drug-likeness (QED) is 0.0807. The van der Waals surface area contributed by atoms with Crippen molar-refractivity contribution in [2.24, 2.45) is 22.7 Å². The molecule has 2 saturated carbocycles. The van der Waals surface area contributed by atoms with Crippen LogP contribution < -0.4 is 32.1 Å². The van der Waals surface area contributed by atoms with Crippen molar-refractivity contribution in [2.45, 2.75) is 213 Å². The van der Waals surface area contributed by atoms with Gasteiger partial charge in [0.2, 0.25) is 11.8 Å². The SMILES string of the molecule is CCC(=O)OC1CCC2(/C=C/c3ccc4ccc(nc4c3)[C@@H](C)NC(=O)[C@@H]3CCCN(N3)C(=O)[C@H](C)NC(=O)[C@H](C(C)Cc3cc4cc5nc(ccc35)[C@@H](C)NC(=O)[C@@H]3CCCN(N3)C(=O)[C@H](C)NC(=O)[C@H](C(C)C)OC(=O)C3(C=C4)CCC(OC(C)=O)CC3)OC2=O)CC1. The summed E-state index contributed by atoms with van der Waals surface area (Å²) in [5, 5.41) is 15.9. The van der Waals surface area contributed by atoms with E-state index in [4.69, 9.17) is 28.9 Å². The highest BCUT2D eigenvalue weighted by atomic mass is 16.6. The monoisotopic (exact) mass is 1310 g/mol. The van der Waals surface area contributed by atoms with E-state index in [0.717, 1.165) is 10.9 Å². The summed E-state index contributed by atoms with van der Waals surface area (Å²) in [5.41, 5.74) is 7.62. The van der Waals surface area contributed by atoms with Crippen LogP contribution in [0.15, 0.2) is 66.7 Å². The van der Waals surface area contributed by atoms with E-state index in [-0.39, 0.29) is 69.4 Å². The molecule has 1 unspecified atom stereocenters. The predicted molar refractivity (Wildman–Crippen MR) is 351 cm³/mol. The first-order chi connectivity index (χ1) is 45.3. The molecule has 24 nitrogen and oxygen atoms in total. The van der Waals surface area contributed by atoms with Gasteiger partial charge in [0.05, 0.1) is 45.3 Å². The fraction of sp³-hybridized carbons (Fsp3) is 0.549. The first-order valence-electron chi connectivity index (χ1n) is 33.7. The number of ether oxygens (including phenoxy) is 4. The average molecular weight is 1310 g/mol. The van der Waals surface area contributed by atoms with Gasteiger partial charge in [0.1, 0.15) is 36.4 Å². The Morgan fingerprint density at radius 1 is 0.579 bits per heavy atom. The Morgan fingerprint density at radius 2 is 1.05 bits per heavy atom. The molecule has 2 spiro atoms. The van der Waals surface area contributed by atoms with Gasteiger partial charge in [0, 0.05) is 43.1 Å². The van der Waals surface area contributed by atoms with E-state index in [1.54, 1.807) is 58.9 Å². The first-order valence-corrected chi connectivity index (χ1v) is 33.7. The number of pyridine rings is 2. The van der Waals surface area contributed by atoms with Crippen LogP contribution in [0.4, 0.5) is 0 Å². The molecule has 24 heteroatoms. The van der Waals surface area contributed by atoms with Crippen molar-refractivity contribution in [3.8, 4) is 0 Å². The molecule has 2 saturated heterocycles. The number of nitrogens with one attached hydrogen (secondary N) is 6. The van der Waals surface area contributed by atoms with Gasteiger partial charge in [-0.25, -0.2) is 10.9 Å². The second-order valence-electron chi connectivity index (χ2n) is 27.1. The molecule has 10 rings (SSSR count). The van der Waals surface area contributed by atoms with Crippen LogP contribution >= 0.6 is 0 Å². The normalized spacial score (nSPS) is 30.0. The Balaban J connectivity index is 1.06. The third kappa shape index (κ3) is 16.0. The maximum atomic E-state index is 15.6.